The molecule has 0 aromatic heterocycles. The Labute approximate surface area is 288 Å². The molecule has 1 heterocycles. The topological polar surface area (TPSA) is 141 Å². The van der Waals surface area contributed by atoms with Gasteiger partial charge in [0.1, 0.15) is 5.75 Å². The molecule has 1 aliphatic rings. The number of aliphatic hydroxyl groups excluding tert-OH is 1. The van der Waals surface area contributed by atoms with E-state index in [1.165, 1.54) is 0 Å². The first-order valence-corrected chi connectivity index (χ1v) is 16.1. The number of aliphatic hydroxyl groups is 1. The van der Waals surface area contributed by atoms with Crippen LogP contribution < -0.4 is 15.6 Å². The Balaban J connectivity index is 1.50. The van der Waals surface area contributed by atoms with Crippen molar-refractivity contribution >= 4 is 46.8 Å². The lowest BCUT2D eigenvalue weighted by molar-refractivity contribution is -0.129. The summed E-state index contributed by atoms with van der Waals surface area (Å²) in [6.45, 7) is 0.784. The number of benzene rings is 4. The van der Waals surface area contributed by atoms with E-state index in [1.54, 1.807) is 60.7 Å². The average Bonchev–Trinajstić information content (AvgIpc) is 3.49. The van der Waals surface area contributed by atoms with E-state index in [2.05, 4.69) is 20.9 Å². The molecule has 3 N–H and O–H groups in total. The summed E-state index contributed by atoms with van der Waals surface area (Å²) in [5, 5.41) is 14.1. The molecule has 0 radical (unpaired) electrons. The predicted octanol–water partition coefficient (Wildman–Crippen LogP) is 7.92. The fraction of sp³-hybridized carbons (Fsp3) is 0.222. The molecule has 0 bridgehead atoms. The second-order valence-corrected chi connectivity index (χ2v) is 11.8. The quantitative estimate of drug-likeness (QED) is 0.0383. The highest BCUT2D eigenvalue weighted by atomic mass is 35.5. The van der Waals surface area contributed by atoms with Gasteiger partial charge in [-0.1, -0.05) is 101 Å². The van der Waals surface area contributed by atoms with Crippen LogP contribution in [0.15, 0.2) is 113 Å². The van der Waals surface area contributed by atoms with Crippen molar-refractivity contribution in [3.63, 3.8) is 0 Å². The van der Waals surface area contributed by atoms with Crippen molar-refractivity contribution < 1.29 is 19.4 Å². The number of halogens is 2. The Morgan fingerprint density at radius 3 is 2.58 bits per heavy atom. The maximum Gasteiger partial charge on any atom is 0.266 e. The van der Waals surface area contributed by atoms with E-state index >= 15 is 0 Å². The van der Waals surface area contributed by atoms with Gasteiger partial charge in [-0.15, -0.1) is 0 Å². The van der Waals surface area contributed by atoms with Crippen LogP contribution in [0.1, 0.15) is 41.2 Å². The van der Waals surface area contributed by atoms with Crippen molar-refractivity contribution in [1.82, 2.24) is 10.9 Å². The summed E-state index contributed by atoms with van der Waals surface area (Å²) in [4.78, 5) is 22.4. The molecule has 0 aliphatic carbocycles. The number of carbonyl (C=O) groups is 1. The molecule has 48 heavy (non-hydrogen) atoms. The van der Waals surface area contributed by atoms with Crippen molar-refractivity contribution in [3.8, 4) is 5.75 Å². The number of hydrogen-bond donors (Lipinski definition) is 3. The van der Waals surface area contributed by atoms with Gasteiger partial charge in [0, 0.05) is 57.8 Å². The zero-order chi connectivity index (χ0) is 33.8. The van der Waals surface area contributed by atoms with Gasteiger partial charge in [-0.05, 0) is 59.5 Å². The van der Waals surface area contributed by atoms with Gasteiger partial charge in [0.2, 0.25) is 5.90 Å². The Morgan fingerprint density at radius 2 is 1.83 bits per heavy atom. The second kappa shape index (κ2) is 16.8. The summed E-state index contributed by atoms with van der Waals surface area (Å²) in [5.41, 5.74) is 17.0. The fourth-order valence-electron chi connectivity index (χ4n) is 5.25. The number of azide groups is 1. The summed E-state index contributed by atoms with van der Waals surface area (Å²) >= 11 is 12.4. The Bertz CT molecular complexity index is 1810. The first kappa shape index (κ1) is 34.5. The van der Waals surface area contributed by atoms with Gasteiger partial charge in [0.25, 0.3) is 5.91 Å². The lowest BCUT2D eigenvalue weighted by Crippen LogP contribution is -2.52. The number of hydrogen-bond acceptors (Lipinski definition) is 7. The average molecular weight is 686 g/mol. The van der Waals surface area contributed by atoms with Crippen molar-refractivity contribution in [1.29, 1.82) is 0 Å². The summed E-state index contributed by atoms with van der Waals surface area (Å²) in [6.07, 6.45) is 4.05. The number of rotatable bonds is 15. The van der Waals surface area contributed by atoms with Crippen LogP contribution in [-0.4, -0.2) is 42.2 Å². The minimum atomic E-state index is -1.51. The molecular weight excluding hydrogens is 651 g/mol. The molecular formula is C36H34Cl2N6O4. The summed E-state index contributed by atoms with van der Waals surface area (Å²) in [5.74, 6) is 0.423. The van der Waals surface area contributed by atoms with Crippen LogP contribution in [0.5, 0.6) is 5.75 Å². The third-order valence-corrected chi connectivity index (χ3v) is 8.26. The van der Waals surface area contributed by atoms with Gasteiger partial charge < -0.3 is 14.6 Å². The monoisotopic (exact) mass is 684 g/mol. The lowest BCUT2D eigenvalue weighted by Gasteiger charge is -2.30. The lowest BCUT2D eigenvalue weighted by atomic mass is 9.83. The molecule has 1 aliphatic heterocycles. The number of hydrazine groups is 1. The first-order chi connectivity index (χ1) is 23.4. The third-order valence-electron chi connectivity index (χ3n) is 7.68. The van der Waals surface area contributed by atoms with Gasteiger partial charge in [-0.2, -0.15) is 0 Å². The second-order valence-electron chi connectivity index (χ2n) is 10.9. The third kappa shape index (κ3) is 8.55. The number of carbonyl (C=O) groups excluding carboxylic acids is 1. The van der Waals surface area contributed by atoms with E-state index in [0.29, 0.717) is 58.6 Å². The Kier molecular flexibility index (Phi) is 12.1. The normalized spacial score (nSPS) is 17.0. The van der Waals surface area contributed by atoms with Gasteiger partial charge >= 0.3 is 0 Å². The van der Waals surface area contributed by atoms with Crippen molar-refractivity contribution in [2.75, 3.05) is 19.8 Å². The molecule has 4 aromatic carbocycles. The molecule has 2 atom stereocenters. The van der Waals surface area contributed by atoms with Gasteiger partial charge in [-0.25, -0.2) is 10.4 Å². The molecule has 0 saturated carbocycles. The van der Waals surface area contributed by atoms with Crippen LogP contribution >= 0.6 is 23.2 Å². The van der Waals surface area contributed by atoms with Gasteiger partial charge in [-0.3, -0.25) is 10.2 Å². The first-order valence-electron chi connectivity index (χ1n) is 15.4. The predicted molar refractivity (Wildman–Crippen MR) is 188 cm³/mol. The number of nitrogens with zero attached hydrogens (tertiary/aromatic N) is 4. The molecule has 246 valence electrons. The molecule has 0 saturated heterocycles. The van der Waals surface area contributed by atoms with Crippen LogP contribution in [0.25, 0.3) is 16.5 Å². The molecule has 1 amide bonds. The largest absolute Gasteiger partial charge is 0.494 e. The summed E-state index contributed by atoms with van der Waals surface area (Å²) in [7, 11) is 0. The number of aliphatic imine (C=N–C) groups is 1. The Morgan fingerprint density at radius 1 is 1.06 bits per heavy atom. The van der Waals surface area contributed by atoms with E-state index in [4.69, 9.17) is 42.8 Å². The molecule has 12 heteroatoms. The van der Waals surface area contributed by atoms with Crippen molar-refractivity contribution in [2.45, 2.75) is 30.9 Å². The van der Waals surface area contributed by atoms with Crippen molar-refractivity contribution in [3.05, 3.63) is 146 Å². The molecule has 0 fully saturated rings. The highest BCUT2D eigenvalue weighted by Crippen LogP contribution is 2.45. The minimum absolute atomic E-state index is 0.0357. The summed E-state index contributed by atoms with van der Waals surface area (Å²) < 4.78 is 12.2. The maximum atomic E-state index is 14.4. The maximum absolute atomic E-state index is 14.4. The van der Waals surface area contributed by atoms with Crippen LogP contribution in [-0.2, 0) is 16.0 Å². The van der Waals surface area contributed by atoms with Crippen LogP contribution in [0.4, 0.5) is 5.69 Å². The number of nitrogens with one attached hydrogen (secondary N) is 2. The Hall–Kier alpha value is -4.83. The fourth-order valence-corrected chi connectivity index (χ4v) is 5.76. The number of amides is 1. The van der Waals surface area contributed by atoms with Crippen LogP contribution in [0, 0.1) is 0 Å². The minimum Gasteiger partial charge on any atom is -0.494 e. The standard InChI is InChI=1S/C36H34Cl2N6O4/c37-28-16-13-26(31(38)24-28)19-21-40-43-35(46)36(20-6-10-25-8-2-1-3-9-25)33(30-11-4-5-12-32(30)42-44-39)48-34(41-36)27-14-17-29(18-15-27)47-23-7-22-45/h1-6,8-18,24,33,40,45H,7,19-23H2,(H,43,46)/b10-6+/t33-,36-/m0/s1. The molecule has 5 rings (SSSR count). The van der Waals surface area contributed by atoms with E-state index in [9.17, 15) is 10.3 Å². The van der Waals surface area contributed by atoms with E-state index in [-0.39, 0.29) is 18.9 Å². The zero-order valence-corrected chi connectivity index (χ0v) is 27.4. The van der Waals surface area contributed by atoms with Gasteiger partial charge in [0.15, 0.2) is 11.6 Å². The van der Waals surface area contributed by atoms with E-state index in [0.717, 1.165) is 11.1 Å². The zero-order valence-electron chi connectivity index (χ0n) is 25.9. The highest BCUT2D eigenvalue weighted by molar-refractivity contribution is 6.35. The SMILES string of the molecule is [N-]=[N+]=Nc1ccccc1[C@@H]1OC(c2ccc(OCCCO)cc2)=N[C@]1(C/C=C/c1ccccc1)C(=O)NNCCc1ccc(Cl)cc1Cl. The van der Waals surface area contributed by atoms with E-state index < -0.39 is 17.6 Å². The van der Waals surface area contributed by atoms with Crippen LogP contribution in [0.2, 0.25) is 10.0 Å². The number of ether oxygens (including phenoxy) is 2. The molecule has 10 nitrogen and oxygen atoms in total. The van der Waals surface area contributed by atoms with Gasteiger partial charge in [0.05, 0.1) is 6.61 Å². The molecule has 0 unspecified atom stereocenters. The molecule has 4 aromatic rings. The van der Waals surface area contributed by atoms with Crippen molar-refractivity contribution in [2.24, 2.45) is 10.1 Å². The smallest absolute Gasteiger partial charge is 0.266 e. The highest BCUT2D eigenvalue weighted by Gasteiger charge is 2.53. The van der Waals surface area contributed by atoms with Crippen LogP contribution in [0.3, 0.4) is 0 Å². The summed E-state index contributed by atoms with van der Waals surface area (Å²) in [6, 6.07) is 29.1. The van der Waals surface area contributed by atoms with E-state index in [1.807, 2.05) is 48.6 Å². The molecule has 0 spiro atoms.